The van der Waals surface area contributed by atoms with Crippen LogP contribution in [0.1, 0.15) is 10.4 Å². The monoisotopic (exact) mass is 196 g/mol. The number of carbonyl (C=O) groups excluding carboxylic acids is 2. The van der Waals surface area contributed by atoms with Crippen molar-refractivity contribution in [3.63, 3.8) is 0 Å². The summed E-state index contributed by atoms with van der Waals surface area (Å²) in [6.45, 7) is -0.559. The highest BCUT2D eigenvalue weighted by Crippen LogP contribution is 2.01. The van der Waals surface area contributed by atoms with Gasteiger partial charge in [-0.2, -0.15) is 0 Å². The summed E-state index contributed by atoms with van der Waals surface area (Å²) in [5, 5.41) is 12.1. The molecule has 0 saturated heterocycles. The first-order valence-corrected chi connectivity index (χ1v) is 3.83. The van der Waals surface area contributed by atoms with Gasteiger partial charge in [-0.15, -0.1) is 0 Å². The Bertz CT molecular complexity index is 348. The van der Waals surface area contributed by atoms with E-state index >= 15 is 0 Å². The fraction of sp³-hybridized carbons (Fsp3) is 0.111. The van der Waals surface area contributed by atoms with Crippen LogP contribution < -0.4 is 10.4 Å². The topological polar surface area (TPSA) is 69.2 Å². The molecular formula is C9H7FNO3-. The molecule has 0 atom stereocenters. The zero-order valence-electron chi connectivity index (χ0n) is 7.12. The summed E-state index contributed by atoms with van der Waals surface area (Å²) in [5.41, 5.74) is 0.202. The van der Waals surface area contributed by atoms with Gasteiger partial charge in [0.2, 0.25) is 0 Å². The smallest absolute Gasteiger partial charge is 0.251 e. The lowest BCUT2D eigenvalue weighted by atomic mass is 10.2. The van der Waals surface area contributed by atoms with Crippen LogP contribution in [0.25, 0.3) is 0 Å². The van der Waals surface area contributed by atoms with E-state index in [-0.39, 0.29) is 5.56 Å². The Kier molecular flexibility index (Phi) is 3.17. The van der Waals surface area contributed by atoms with Crippen LogP contribution in [0.4, 0.5) is 4.39 Å². The lowest BCUT2D eigenvalue weighted by Crippen LogP contribution is -2.37. The molecule has 0 bridgehead atoms. The number of amides is 1. The zero-order chi connectivity index (χ0) is 10.6. The van der Waals surface area contributed by atoms with E-state index in [1.165, 1.54) is 12.1 Å². The number of benzene rings is 1. The maximum absolute atomic E-state index is 12.4. The van der Waals surface area contributed by atoms with Gasteiger partial charge in [-0.1, -0.05) is 0 Å². The number of carboxylic acid groups (broad SMARTS) is 1. The van der Waals surface area contributed by atoms with Gasteiger partial charge in [0.25, 0.3) is 5.91 Å². The molecule has 4 nitrogen and oxygen atoms in total. The molecule has 0 fully saturated rings. The summed E-state index contributed by atoms with van der Waals surface area (Å²) in [6, 6.07) is 4.77. The van der Waals surface area contributed by atoms with Gasteiger partial charge < -0.3 is 15.2 Å². The lowest BCUT2D eigenvalue weighted by Gasteiger charge is -2.04. The predicted octanol–water partition coefficient (Wildman–Crippen LogP) is -0.695. The first-order valence-electron chi connectivity index (χ1n) is 3.83. The third-order valence-corrected chi connectivity index (χ3v) is 1.50. The Morgan fingerprint density at radius 3 is 2.36 bits per heavy atom. The Hall–Kier alpha value is -1.91. The Morgan fingerprint density at radius 1 is 1.29 bits per heavy atom. The van der Waals surface area contributed by atoms with Crippen molar-refractivity contribution in [2.45, 2.75) is 0 Å². The SMILES string of the molecule is O=C([O-])CNC(=O)c1ccc(F)cc1. The molecule has 0 aliphatic carbocycles. The van der Waals surface area contributed by atoms with Gasteiger partial charge in [-0.05, 0) is 24.3 Å². The van der Waals surface area contributed by atoms with Gasteiger partial charge in [0.15, 0.2) is 0 Å². The number of hydrogen-bond donors (Lipinski definition) is 1. The van der Waals surface area contributed by atoms with Crippen LogP contribution in [0.2, 0.25) is 0 Å². The van der Waals surface area contributed by atoms with Crippen LogP contribution in [-0.2, 0) is 4.79 Å². The molecule has 1 amide bonds. The van der Waals surface area contributed by atoms with Crippen molar-refractivity contribution in [2.24, 2.45) is 0 Å². The first kappa shape index (κ1) is 10.2. The Balaban J connectivity index is 2.61. The van der Waals surface area contributed by atoms with Crippen LogP contribution in [0.5, 0.6) is 0 Å². The second kappa shape index (κ2) is 4.36. The van der Waals surface area contributed by atoms with Gasteiger partial charge in [0, 0.05) is 5.56 Å². The van der Waals surface area contributed by atoms with E-state index < -0.39 is 24.2 Å². The molecule has 1 rings (SSSR count). The van der Waals surface area contributed by atoms with E-state index in [4.69, 9.17) is 0 Å². The Labute approximate surface area is 79.4 Å². The summed E-state index contributed by atoms with van der Waals surface area (Å²) < 4.78 is 12.4. The van der Waals surface area contributed by atoms with Crippen LogP contribution in [-0.4, -0.2) is 18.4 Å². The normalized spacial score (nSPS) is 9.50. The highest BCUT2D eigenvalue weighted by atomic mass is 19.1. The van der Waals surface area contributed by atoms with Gasteiger partial charge in [-0.3, -0.25) is 4.79 Å². The van der Waals surface area contributed by atoms with Crippen molar-refractivity contribution < 1.29 is 19.1 Å². The minimum Gasteiger partial charge on any atom is -0.548 e. The van der Waals surface area contributed by atoms with Crippen LogP contribution >= 0.6 is 0 Å². The molecule has 0 aromatic heterocycles. The molecule has 0 saturated carbocycles. The molecule has 1 N–H and O–H groups in total. The molecule has 0 spiro atoms. The number of halogens is 1. The summed E-state index contributed by atoms with van der Waals surface area (Å²) in [7, 11) is 0. The molecule has 14 heavy (non-hydrogen) atoms. The second-order valence-corrected chi connectivity index (χ2v) is 2.56. The molecule has 0 radical (unpaired) electrons. The second-order valence-electron chi connectivity index (χ2n) is 2.56. The van der Waals surface area contributed by atoms with E-state index in [9.17, 15) is 19.1 Å². The molecule has 0 aliphatic heterocycles. The quantitative estimate of drug-likeness (QED) is 0.695. The van der Waals surface area contributed by atoms with Crippen molar-refractivity contribution in [3.8, 4) is 0 Å². The molecule has 0 unspecified atom stereocenters. The number of carboxylic acids is 1. The van der Waals surface area contributed by atoms with E-state index in [0.717, 1.165) is 12.1 Å². The van der Waals surface area contributed by atoms with Crippen LogP contribution in [0.15, 0.2) is 24.3 Å². The molecule has 5 heteroatoms. The minimum absolute atomic E-state index is 0.202. The third-order valence-electron chi connectivity index (χ3n) is 1.50. The summed E-state index contributed by atoms with van der Waals surface area (Å²) >= 11 is 0. The number of rotatable bonds is 3. The van der Waals surface area contributed by atoms with Gasteiger partial charge in [-0.25, -0.2) is 4.39 Å². The van der Waals surface area contributed by atoms with E-state index in [2.05, 4.69) is 5.32 Å². The maximum atomic E-state index is 12.4. The third kappa shape index (κ3) is 2.85. The van der Waals surface area contributed by atoms with E-state index in [1.807, 2.05) is 0 Å². The Morgan fingerprint density at radius 2 is 1.86 bits per heavy atom. The molecule has 74 valence electrons. The molecule has 1 aromatic rings. The van der Waals surface area contributed by atoms with Gasteiger partial charge >= 0.3 is 0 Å². The fourth-order valence-electron chi connectivity index (χ4n) is 0.856. The molecule has 0 aliphatic rings. The van der Waals surface area contributed by atoms with Crippen molar-refractivity contribution in [1.29, 1.82) is 0 Å². The minimum atomic E-state index is -1.37. The summed E-state index contributed by atoms with van der Waals surface area (Å²) in [4.78, 5) is 21.1. The summed E-state index contributed by atoms with van der Waals surface area (Å²) in [6.07, 6.45) is 0. The van der Waals surface area contributed by atoms with Crippen LogP contribution in [0.3, 0.4) is 0 Å². The number of nitrogens with one attached hydrogen (secondary N) is 1. The molecule has 0 heterocycles. The van der Waals surface area contributed by atoms with Gasteiger partial charge in [0.1, 0.15) is 5.82 Å². The zero-order valence-corrected chi connectivity index (χ0v) is 7.12. The summed E-state index contributed by atoms with van der Waals surface area (Å²) in [5.74, 6) is -2.41. The average Bonchev–Trinajstić information content (AvgIpc) is 2.15. The lowest BCUT2D eigenvalue weighted by molar-refractivity contribution is -0.303. The standard InChI is InChI=1S/C9H8FNO3/c10-7-3-1-6(2-4-7)9(14)11-5-8(12)13/h1-4H,5H2,(H,11,14)(H,12,13)/p-1. The largest absolute Gasteiger partial charge is 0.548 e. The first-order chi connectivity index (χ1) is 6.59. The van der Waals surface area contributed by atoms with Gasteiger partial charge in [0.05, 0.1) is 12.5 Å². The highest BCUT2D eigenvalue weighted by molar-refractivity contribution is 5.95. The van der Waals surface area contributed by atoms with Crippen molar-refractivity contribution >= 4 is 11.9 Å². The maximum Gasteiger partial charge on any atom is 0.251 e. The van der Waals surface area contributed by atoms with E-state index in [1.54, 1.807) is 0 Å². The van der Waals surface area contributed by atoms with Crippen molar-refractivity contribution in [2.75, 3.05) is 6.54 Å². The number of aliphatic carboxylic acids is 1. The molecular weight excluding hydrogens is 189 g/mol. The van der Waals surface area contributed by atoms with Crippen molar-refractivity contribution in [1.82, 2.24) is 5.32 Å². The number of carbonyl (C=O) groups is 2. The van der Waals surface area contributed by atoms with Crippen molar-refractivity contribution in [3.05, 3.63) is 35.6 Å². The highest BCUT2D eigenvalue weighted by Gasteiger charge is 2.03. The average molecular weight is 196 g/mol. The molecule has 1 aromatic carbocycles. The van der Waals surface area contributed by atoms with Crippen LogP contribution in [0, 0.1) is 5.82 Å². The van der Waals surface area contributed by atoms with E-state index in [0.29, 0.717) is 0 Å². The fourth-order valence-corrected chi connectivity index (χ4v) is 0.856. The predicted molar refractivity (Wildman–Crippen MR) is 43.7 cm³/mol. The number of hydrogen-bond acceptors (Lipinski definition) is 3.